The first kappa shape index (κ1) is 11.1. The molecule has 0 amide bonds. The molecule has 0 spiro atoms. The van der Waals surface area contributed by atoms with Gasteiger partial charge >= 0.3 is 0 Å². The fourth-order valence-electron chi connectivity index (χ4n) is 1.76. The predicted octanol–water partition coefficient (Wildman–Crippen LogP) is 2.50. The van der Waals surface area contributed by atoms with E-state index >= 15 is 0 Å². The molecule has 0 radical (unpaired) electrons. The summed E-state index contributed by atoms with van der Waals surface area (Å²) in [7, 11) is -4.09. The molecule has 0 saturated carbocycles. The van der Waals surface area contributed by atoms with E-state index in [1.165, 1.54) is 6.08 Å². The maximum Gasteiger partial charge on any atom is 0.294 e. The van der Waals surface area contributed by atoms with Crippen molar-refractivity contribution in [3.8, 4) is 0 Å². The van der Waals surface area contributed by atoms with Crippen LogP contribution in [0.2, 0.25) is 0 Å². The Morgan fingerprint density at radius 1 is 1.19 bits per heavy atom. The molecular weight excluding hydrogens is 224 g/mol. The van der Waals surface area contributed by atoms with Gasteiger partial charge in [-0.25, -0.2) is 0 Å². The Bertz CT molecular complexity index is 527. The lowest BCUT2D eigenvalue weighted by molar-refractivity contribution is 0.491. The minimum atomic E-state index is -4.09. The Morgan fingerprint density at radius 2 is 1.88 bits per heavy atom. The third-order valence-electron chi connectivity index (χ3n) is 2.56. The highest BCUT2D eigenvalue weighted by Gasteiger charge is 2.18. The highest BCUT2D eigenvalue weighted by molar-refractivity contribution is 7.90. The molecule has 0 aromatic heterocycles. The number of allylic oxidation sites excluding steroid dienone is 3. The molecule has 4 heteroatoms. The van der Waals surface area contributed by atoms with Crippen LogP contribution in [0.1, 0.15) is 17.9 Å². The maximum absolute atomic E-state index is 11.0. The third-order valence-corrected chi connectivity index (χ3v) is 3.43. The van der Waals surface area contributed by atoms with Gasteiger partial charge in [-0.3, -0.25) is 4.55 Å². The Labute approximate surface area is 94.9 Å². The normalized spacial score (nSPS) is 20.6. The van der Waals surface area contributed by atoms with Crippen LogP contribution in [0.5, 0.6) is 0 Å². The van der Waals surface area contributed by atoms with Crippen molar-refractivity contribution in [2.24, 2.45) is 0 Å². The van der Waals surface area contributed by atoms with Crippen molar-refractivity contribution in [2.45, 2.75) is 12.3 Å². The van der Waals surface area contributed by atoms with Crippen LogP contribution >= 0.6 is 0 Å². The summed E-state index contributed by atoms with van der Waals surface area (Å²) in [6, 6.07) is 9.63. The van der Waals surface area contributed by atoms with E-state index < -0.39 is 10.1 Å². The minimum Gasteiger partial charge on any atom is -0.282 e. The van der Waals surface area contributed by atoms with Gasteiger partial charge in [0.2, 0.25) is 0 Å². The van der Waals surface area contributed by atoms with Crippen molar-refractivity contribution >= 4 is 10.1 Å². The molecule has 2 rings (SSSR count). The lowest BCUT2D eigenvalue weighted by Crippen LogP contribution is -2.06. The van der Waals surface area contributed by atoms with Crippen molar-refractivity contribution in [1.29, 1.82) is 0 Å². The lowest BCUT2D eigenvalue weighted by atomic mass is 9.93. The molecule has 0 heterocycles. The van der Waals surface area contributed by atoms with Gasteiger partial charge < -0.3 is 0 Å². The third kappa shape index (κ3) is 2.40. The molecule has 1 aromatic rings. The van der Waals surface area contributed by atoms with Gasteiger partial charge in [0.1, 0.15) is 0 Å². The van der Waals surface area contributed by atoms with Crippen molar-refractivity contribution in [3.63, 3.8) is 0 Å². The summed E-state index contributed by atoms with van der Waals surface area (Å²) < 4.78 is 31.0. The van der Waals surface area contributed by atoms with Gasteiger partial charge in [-0.1, -0.05) is 42.5 Å². The molecule has 1 aromatic carbocycles. The van der Waals surface area contributed by atoms with Gasteiger partial charge in [0, 0.05) is 5.92 Å². The second-order valence-electron chi connectivity index (χ2n) is 3.70. The van der Waals surface area contributed by atoms with Crippen LogP contribution in [0.15, 0.2) is 53.5 Å². The minimum absolute atomic E-state index is 0.0168. The smallest absolute Gasteiger partial charge is 0.282 e. The molecule has 0 fully saturated rings. The lowest BCUT2D eigenvalue weighted by Gasteiger charge is -2.15. The van der Waals surface area contributed by atoms with E-state index in [9.17, 15) is 8.42 Å². The van der Waals surface area contributed by atoms with Gasteiger partial charge in [0.15, 0.2) is 0 Å². The molecule has 1 atom stereocenters. The van der Waals surface area contributed by atoms with Crippen molar-refractivity contribution < 1.29 is 13.0 Å². The molecule has 1 aliphatic rings. The molecule has 0 saturated heterocycles. The first-order valence-corrected chi connectivity index (χ1v) is 6.42. The molecule has 0 aliphatic heterocycles. The van der Waals surface area contributed by atoms with Gasteiger partial charge in [-0.05, 0) is 18.1 Å². The molecule has 1 unspecified atom stereocenters. The second kappa shape index (κ2) is 4.23. The van der Waals surface area contributed by atoms with Crippen LogP contribution in [-0.2, 0) is 10.1 Å². The van der Waals surface area contributed by atoms with Crippen LogP contribution in [0, 0.1) is 0 Å². The summed E-state index contributed by atoms with van der Waals surface area (Å²) in [5.41, 5.74) is 1.05. The topological polar surface area (TPSA) is 54.4 Å². The van der Waals surface area contributed by atoms with Crippen molar-refractivity contribution in [2.75, 3.05) is 0 Å². The summed E-state index contributed by atoms with van der Waals surface area (Å²) in [5.74, 6) is 0.0168. The van der Waals surface area contributed by atoms with E-state index in [1.807, 2.05) is 30.3 Å². The Kier molecular flexibility index (Phi) is 2.94. The van der Waals surface area contributed by atoms with E-state index in [-0.39, 0.29) is 10.8 Å². The standard InChI is InChI=1S/C12H12O3S/c13-16(14,15)12-8-4-7-11(9-12)10-5-2-1-3-6-10/h1-6,8-9,11H,7H2,(H,13,14,15). The first-order chi connectivity index (χ1) is 7.57. The average Bonchev–Trinajstić information content (AvgIpc) is 2.29. The SMILES string of the molecule is O=S(=O)(O)C1=CC(c2ccccc2)CC=C1. The highest BCUT2D eigenvalue weighted by atomic mass is 32.2. The van der Waals surface area contributed by atoms with Crippen molar-refractivity contribution in [1.82, 2.24) is 0 Å². The van der Waals surface area contributed by atoms with Gasteiger partial charge in [0.05, 0.1) is 4.91 Å². The Hall–Kier alpha value is -1.39. The predicted molar refractivity (Wildman–Crippen MR) is 62.6 cm³/mol. The molecule has 0 bridgehead atoms. The molecular formula is C12H12O3S. The zero-order valence-electron chi connectivity index (χ0n) is 8.58. The molecule has 84 valence electrons. The van der Waals surface area contributed by atoms with Gasteiger partial charge in [0.25, 0.3) is 10.1 Å². The van der Waals surface area contributed by atoms with E-state index in [2.05, 4.69) is 0 Å². The molecule has 3 nitrogen and oxygen atoms in total. The van der Waals surface area contributed by atoms with E-state index in [0.717, 1.165) is 12.0 Å². The van der Waals surface area contributed by atoms with Crippen molar-refractivity contribution in [3.05, 3.63) is 59.0 Å². The number of rotatable bonds is 2. The molecule has 1 aliphatic carbocycles. The van der Waals surface area contributed by atoms with Crippen LogP contribution in [0.3, 0.4) is 0 Å². The quantitative estimate of drug-likeness (QED) is 0.803. The largest absolute Gasteiger partial charge is 0.294 e. The first-order valence-electron chi connectivity index (χ1n) is 4.98. The number of hydrogen-bond donors (Lipinski definition) is 1. The Balaban J connectivity index is 2.34. The molecule has 16 heavy (non-hydrogen) atoms. The van der Waals surface area contributed by atoms with Gasteiger partial charge in [-0.15, -0.1) is 0 Å². The van der Waals surface area contributed by atoms with E-state index in [0.29, 0.717) is 0 Å². The zero-order chi connectivity index (χ0) is 11.6. The summed E-state index contributed by atoms with van der Waals surface area (Å²) in [4.78, 5) is -0.0207. The summed E-state index contributed by atoms with van der Waals surface area (Å²) in [5, 5.41) is 0. The fourth-order valence-corrected chi connectivity index (χ4v) is 2.36. The van der Waals surface area contributed by atoms with Crippen LogP contribution in [0.25, 0.3) is 0 Å². The Morgan fingerprint density at radius 3 is 2.50 bits per heavy atom. The molecule has 1 N–H and O–H groups in total. The number of hydrogen-bond acceptors (Lipinski definition) is 2. The van der Waals surface area contributed by atoms with Crippen LogP contribution < -0.4 is 0 Å². The van der Waals surface area contributed by atoms with Crippen LogP contribution in [-0.4, -0.2) is 13.0 Å². The number of benzene rings is 1. The maximum atomic E-state index is 11.0. The fraction of sp³-hybridized carbons (Fsp3) is 0.167. The summed E-state index contributed by atoms with van der Waals surface area (Å²) in [6.07, 6.45) is 5.54. The zero-order valence-corrected chi connectivity index (χ0v) is 9.39. The summed E-state index contributed by atoms with van der Waals surface area (Å²) >= 11 is 0. The van der Waals surface area contributed by atoms with Crippen LogP contribution in [0.4, 0.5) is 0 Å². The van der Waals surface area contributed by atoms with Gasteiger partial charge in [-0.2, -0.15) is 8.42 Å². The highest BCUT2D eigenvalue weighted by Crippen LogP contribution is 2.28. The average molecular weight is 236 g/mol. The monoisotopic (exact) mass is 236 g/mol. The van der Waals surface area contributed by atoms with E-state index in [1.54, 1.807) is 12.2 Å². The second-order valence-corrected chi connectivity index (χ2v) is 5.12. The van der Waals surface area contributed by atoms with E-state index in [4.69, 9.17) is 4.55 Å². The summed E-state index contributed by atoms with van der Waals surface area (Å²) in [6.45, 7) is 0.